The molecule has 0 aliphatic carbocycles. The normalized spacial score (nSPS) is 23.4. The Morgan fingerprint density at radius 3 is 3.07 bits per heavy atom. The first kappa shape index (κ1) is 11.5. The molecule has 1 saturated heterocycles. The van der Waals surface area contributed by atoms with Crippen LogP contribution in [0.1, 0.15) is 32.6 Å². The van der Waals surface area contributed by atoms with Crippen molar-refractivity contribution in [1.29, 1.82) is 0 Å². The Kier molecular flexibility index (Phi) is 4.90. The first-order chi connectivity index (χ1) is 6.74. The number of hydrogen-bond acceptors (Lipinski definition) is 3. The molecule has 0 saturated carbocycles. The summed E-state index contributed by atoms with van der Waals surface area (Å²) in [4.78, 5) is 11.4. The second-order valence-corrected chi connectivity index (χ2v) is 3.64. The molecule has 1 heterocycles. The third kappa shape index (κ3) is 3.64. The van der Waals surface area contributed by atoms with Gasteiger partial charge in [-0.2, -0.15) is 0 Å². The second kappa shape index (κ2) is 5.98. The number of aliphatic hydroxyl groups is 1. The number of carbonyl (C=O) groups is 1. The largest absolute Gasteiger partial charge is 0.393 e. The van der Waals surface area contributed by atoms with Crippen molar-refractivity contribution in [3.8, 4) is 0 Å². The van der Waals surface area contributed by atoms with Gasteiger partial charge in [0.25, 0.3) is 0 Å². The molecule has 0 bridgehead atoms. The Morgan fingerprint density at radius 1 is 1.71 bits per heavy atom. The number of nitrogens with one attached hydrogen (secondary N) is 1. The molecule has 1 fully saturated rings. The van der Waals surface area contributed by atoms with Crippen molar-refractivity contribution < 1.29 is 14.6 Å². The highest BCUT2D eigenvalue weighted by atomic mass is 16.5. The summed E-state index contributed by atoms with van der Waals surface area (Å²) in [5, 5.41) is 12.0. The van der Waals surface area contributed by atoms with Gasteiger partial charge in [-0.3, -0.25) is 4.79 Å². The Bertz CT molecular complexity index is 178. The van der Waals surface area contributed by atoms with E-state index in [1.54, 1.807) is 0 Å². The minimum absolute atomic E-state index is 0.0363. The molecule has 1 amide bonds. The first-order valence-corrected chi connectivity index (χ1v) is 5.31. The van der Waals surface area contributed by atoms with Crippen LogP contribution >= 0.6 is 0 Å². The average Bonchev–Trinajstić information content (AvgIpc) is 2.70. The molecule has 0 aromatic rings. The predicted octanol–water partition coefficient (Wildman–Crippen LogP) is 0.443. The monoisotopic (exact) mass is 201 g/mol. The van der Waals surface area contributed by atoms with Gasteiger partial charge < -0.3 is 15.2 Å². The van der Waals surface area contributed by atoms with Crippen LogP contribution in [0.2, 0.25) is 0 Å². The van der Waals surface area contributed by atoms with Crippen LogP contribution in [0.15, 0.2) is 0 Å². The zero-order valence-corrected chi connectivity index (χ0v) is 8.66. The molecule has 0 aromatic heterocycles. The minimum Gasteiger partial charge on any atom is -0.393 e. The van der Waals surface area contributed by atoms with Crippen LogP contribution in [0, 0.1) is 0 Å². The van der Waals surface area contributed by atoms with Crippen molar-refractivity contribution in [3.63, 3.8) is 0 Å². The molecule has 14 heavy (non-hydrogen) atoms. The summed E-state index contributed by atoms with van der Waals surface area (Å²) in [6.45, 7) is 3.15. The lowest BCUT2D eigenvalue weighted by Crippen LogP contribution is -2.35. The van der Waals surface area contributed by atoms with Crippen LogP contribution in [-0.2, 0) is 9.53 Å². The van der Waals surface area contributed by atoms with E-state index < -0.39 is 0 Å². The van der Waals surface area contributed by atoms with Crippen molar-refractivity contribution in [3.05, 3.63) is 0 Å². The van der Waals surface area contributed by atoms with Crippen molar-refractivity contribution in [2.75, 3.05) is 13.2 Å². The molecular weight excluding hydrogens is 182 g/mol. The van der Waals surface area contributed by atoms with Crippen LogP contribution in [0.5, 0.6) is 0 Å². The highest BCUT2D eigenvalue weighted by Crippen LogP contribution is 2.11. The van der Waals surface area contributed by atoms with Gasteiger partial charge in [-0.25, -0.2) is 0 Å². The molecule has 1 unspecified atom stereocenters. The van der Waals surface area contributed by atoms with Gasteiger partial charge in [0.1, 0.15) is 6.10 Å². The topological polar surface area (TPSA) is 58.6 Å². The molecule has 1 rings (SSSR count). The lowest BCUT2D eigenvalue weighted by molar-refractivity contribution is -0.130. The zero-order valence-electron chi connectivity index (χ0n) is 8.66. The molecule has 0 radical (unpaired) electrons. The number of ether oxygens (including phenoxy) is 1. The van der Waals surface area contributed by atoms with Crippen molar-refractivity contribution in [2.45, 2.75) is 44.8 Å². The fourth-order valence-corrected chi connectivity index (χ4v) is 1.46. The SMILES string of the molecule is CCC(O)CCNC(=O)[C@@H]1CCCO1. The summed E-state index contributed by atoms with van der Waals surface area (Å²) >= 11 is 0. The first-order valence-electron chi connectivity index (χ1n) is 5.31. The number of carbonyl (C=O) groups excluding carboxylic acids is 1. The molecule has 1 aliphatic heterocycles. The molecule has 2 N–H and O–H groups in total. The lowest BCUT2D eigenvalue weighted by Gasteiger charge is -2.11. The smallest absolute Gasteiger partial charge is 0.249 e. The maximum absolute atomic E-state index is 11.4. The van der Waals surface area contributed by atoms with Gasteiger partial charge in [0.15, 0.2) is 0 Å². The maximum Gasteiger partial charge on any atom is 0.249 e. The lowest BCUT2D eigenvalue weighted by atomic mass is 10.2. The molecule has 2 atom stereocenters. The Hall–Kier alpha value is -0.610. The fourth-order valence-electron chi connectivity index (χ4n) is 1.46. The second-order valence-electron chi connectivity index (χ2n) is 3.64. The standard InChI is InChI=1S/C10H19NO3/c1-2-8(12)5-6-11-10(13)9-4-3-7-14-9/h8-9,12H,2-7H2,1H3,(H,11,13)/t8?,9-/m0/s1. The van der Waals surface area contributed by atoms with E-state index in [1.807, 2.05) is 6.92 Å². The van der Waals surface area contributed by atoms with Crippen LogP contribution in [0.25, 0.3) is 0 Å². The van der Waals surface area contributed by atoms with Crippen LogP contribution in [0.3, 0.4) is 0 Å². The van der Waals surface area contributed by atoms with E-state index in [2.05, 4.69) is 5.32 Å². The highest BCUT2D eigenvalue weighted by molar-refractivity contribution is 5.80. The van der Waals surface area contributed by atoms with Crippen molar-refractivity contribution in [2.24, 2.45) is 0 Å². The third-order valence-electron chi connectivity index (χ3n) is 2.47. The number of amides is 1. The minimum atomic E-state index is -0.306. The Morgan fingerprint density at radius 2 is 2.50 bits per heavy atom. The van der Waals surface area contributed by atoms with Gasteiger partial charge in [0.2, 0.25) is 5.91 Å². The molecular formula is C10H19NO3. The summed E-state index contributed by atoms with van der Waals surface area (Å²) in [6, 6.07) is 0. The fraction of sp³-hybridized carbons (Fsp3) is 0.900. The zero-order chi connectivity index (χ0) is 10.4. The molecule has 1 aliphatic rings. The van der Waals surface area contributed by atoms with Crippen LogP contribution in [0.4, 0.5) is 0 Å². The highest BCUT2D eigenvalue weighted by Gasteiger charge is 2.22. The summed E-state index contributed by atoms with van der Waals surface area (Å²) in [6.07, 6.45) is 2.58. The van der Waals surface area contributed by atoms with Crippen LogP contribution < -0.4 is 5.32 Å². The van der Waals surface area contributed by atoms with Gasteiger partial charge in [0, 0.05) is 13.2 Å². The summed E-state index contributed by atoms with van der Waals surface area (Å²) in [5.74, 6) is -0.0363. The van der Waals surface area contributed by atoms with Gasteiger partial charge in [-0.1, -0.05) is 6.92 Å². The van der Waals surface area contributed by atoms with E-state index in [1.165, 1.54) is 0 Å². The van der Waals surface area contributed by atoms with E-state index >= 15 is 0 Å². The quantitative estimate of drug-likeness (QED) is 0.678. The molecule has 4 nitrogen and oxygen atoms in total. The number of hydrogen-bond donors (Lipinski definition) is 2. The van der Waals surface area contributed by atoms with E-state index in [4.69, 9.17) is 4.74 Å². The van der Waals surface area contributed by atoms with Crippen molar-refractivity contribution in [1.82, 2.24) is 5.32 Å². The van der Waals surface area contributed by atoms with E-state index in [0.717, 1.165) is 19.3 Å². The van der Waals surface area contributed by atoms with E-state index in [0.29, 0.717) is 19.6 Å². The van der Waals surface area contributed by atoms with Crippen molar-refractivity contribution >= 4 is 5.91 Å². The Labute approximate surface area is 84.6 Å². The Balaban J connectivity index is 2.08. The van der Waals surface area contributed by atoms with Gasteiger partial charge >= 0.3 is 0 Å². The summed E-state index contributed by atoms with van der Waals surface area (Å²) in [7, 11) is 0. The van der Waals surface area contributed by atoms with Gasteiger partial charge in [-0.05, 0) is 25.7 Å². The number of aliphatic hydroxyl groups excluding tert-OH is 1. The van der Waals surface area contributed by atoms with E-state index in [9.17, 15) is 9.90 Å². The molecule has 4 heteroatoms. The predicted molar refractivity (Wildman–Crippen MR) is 52.9 cm³/mol. The van der Waals surface area contributed by atoms with Gasteiger partial charge in [0.05, 0.1) is 6.10 Å². The molecule has 0 aromatic carbocycles. The summed E-state index contributed by atoms with van der Waals surface area (Å²) in [5.41, 5.74) is 0. The maximum atomic E-state index is 11.4. The van der Waals surface area contributed by atoms with Gasteiger partial charge in [-0.15, -0.1) is 0 Å². The molecule has 82 valence electrons. The average molecular weight is 201 g/mol. The third-order valence-corrected chi connectivity index (χ3v) is 2.47. The molecule has 0 spiro atoms. The van der Waals surface area contributed by atoms with Crippen LogP contribution in [-0.4, -0.2) is 36.4 Å². The number of rotatable bonds is 5. The summed E-state index contributed by atoms with van der Waals surface area (Å²) < 4.78 is 5.22. The van der Waals surface area contributed by atoms with E-state index in [-0.39, 0.29) is 18.1 Å².